The maximum absolute atomic E-state index is 12.7. The number of nitrogens with one attached hydrogen (secondary N) is 1. The second-order valence-corrected chi connectivity index (χ2v) is 6.81. The van der Waals surface area contributed by atoms with Gasteiger partial charge in [0.25, 0.3) is 5.91 Å². The zero-order valence-electron chi connectivity index (χ0n) is 14.4. The first-order chi connectivity index (χ1) is 12.6. The summed E-state index contributed by atoms with van der Waals surface area (Å²) >= 11 is 1.36. The molecule has 6 nitrogen and oxygen atoms in total. The molecule has 2 heterocycles. The molecule has 1 aliphatic rings. The fourth-order valence-corrected chi connectivity index (χ4v) is 3.61. The van der Waals surface area contributed by atoms with E-state index in [1.807, 2.05) is 49.2 Å². The van der Waals surface area contributed by atoms with Crippen molar-refractivity contribution < 1.29 is 14.3 Å². The Bertz CT molecular complexity index is 956. The molecule has 7 heteroatoms. The van der Waals surface area contributed by atoms with Crippen LogP contribution in [0.25, 0.3) is 0 Å². The van der Waals surface area contributed by atoms with Crippen LogP contribution in [-0.4, -0.2) is 24.7 Å². The minimum absolute atomic E-state index is 0.188. The van der Waals surface area contributed by atoms with Crippen LogP contribution in [0.15, 0.2) is 48.5 Å². The lowest BCUT2D eigenvalue weighted by molar-refractivity contribution is 0.103. The van der Waals surface area contributed by atoms with Crippen molar-refractivity contribution in [3.8, 4) is 11.5 Å². The molecular formula is C19H17N3O3S. The highest BCUT2D eigenvalue weighted by Gasteiger charge is 2.19. The van der Waals surface area contributed by atoms with E-state index in [1.165, 1.54) is 11.3 Å². The normalized spacial score (nSPS) is 12.1. The number of carbonyl (C=O) groups excluding carboxylic acids is 1. The summed E-state index contributed by atoms with van der Waals surface area (Å²) in [6, 6.07) is 15.2. The molecule has 0 aliphatic carbocycles. The number of amides is 1. The first-order valence-electron chi connectivity index (χ1n) is 8.09. The van der Waals surface area contributed by atoms with E-state index >= 15 is 0 Å². The zero-order valence-corrected chi connectivity index (χ0v) is 15.2. The highest BCUT2D eigenvalue weighted by molar-refractivity contribution is 7.17. The molecule has 1 amide bonds. The Balaban J connectivity index is 1.54. The van der Waals surface area contributed by atoms with E-state index in [0.29, 0.717) is 27.8 Å². The summed E-state index contributed by atoms with van der Waals surface area (Å²) in [6.07, 6.45) is 0. The summed E-state index contributed by atoms with van der Waals surface area (Å²) in [7, 11) is 1.94. The molecule has 2 aromatic carbocycles. The summed E-state index contributed by atoms with van der Waals surface area (Å²) in [5.41, 5.74) is 2.38. The Hall–Kier alpha value is -3.06. The molecule has 1 N–H and O–H groups in total. The minimum atomic E-state index is -0.188. The van der Waals surface area contributed by atoms with Gasteiger partial charge >= 0.3 is 0 Å². The number of para-hydroxylation sites is 1. The van der Waals surface area contributed by atoms with Gasteiger partial charge in [0.05, 0.1) is 5.69 Å². The molecule has 132 valence electrons. The van der Waals surface area contributed by atoms with E-state index in [1.54, 1.807) is 18.2 Å². The fraction of sp³-hybridized carbons (Fsp3) is 0.158. The summed E-state index contributed by atoms with van der Waals surface area (Å²) in [5, 5.41) is 3.67. The number of nitrogens with zero attached hydrogens (tertiary/aromatic N) is 2. The van der Waals surface area contributed by atoms with Crippen LogP contribution in [0.1, 0.15) is 15.4 Å². The molecule has 4 rings (SSSR count). The summed E-state index contributed by atoms with van der Waals surface area (Å²) < 4.78 is 10.6. The Labute approximate surface area is 155 Å². The van der Waals surface area contributed by atoms with Crippen LogP contribution in [0.4, 0.5) is 16.5 Å². The highest BCUT2D eigenvalue weighted by Crippen LogP contribution is 2.35. The van der Waals surface area contributed by atoms with Crippen molar-refractivity contribution in [2.75, 3.05) is 24.1 Å². The summed E-state index contributed by atoms with van der Waals surface area (Å²) in [6.45, 7) is 2.04. The van der Waals surface area contributed by atoms with E-state index < -0.39 is 0 Å². The van der Waals surface area contributed by atoms with Gasteiger partial charge < -0.3 is 19.7 Å². The molecule has 0 radical (unpaired) electrons. The lowest BCUT2D eigenvalue weighted by Gasteiger charge is -2.15. The van der Waals surface area contributed by atoms with Gasteiger partial charge in [-0.25, -0.2) is 4.98 Å². The van der Waals surface area contributed by atoms with Crippen molar-refractivity contribution in [3.05, 3.63) is 59.1 Å². The van der Waals surface area contributed by atoms with E-state index in [-0.39, 0.29) is 12.7 Å². The maximum Gasteiger partial charge on any atom is 0.267 e. The Morgan fingerprint density at radius 1 is 1.15 bits per heavy atom. The van der Waals surface area contributed by atoms with Crippen molar-refractivity contribution in [2.24, 2.45) is 0 Å². The largest absolute Gasteiger partial charge is 0.454 e. The lowest BCUT2D eigenvalue weighted by Crippen LogP contribution is -2.11. The van der Waals surface area contributed by atoms with Crippen LogP contribution < -0.4 is 19.7 Å². The first-order valence-corrected chi connectivity index (χ1v) is 8.90. The number of thiazole rings is 1. The lowest BCUT2D eigenvalue weighted by atomic mass is 10.2. The third-order valence-corrected chi connectivity index (χ3v) is 5.29. The van der Waals surface area contributed by atoms with Crippen LogP contribution in [-0.2, 0) is 0 Å². The second-order valence-electron chi connectivity index (χ2n) is 5.83. The molecule has 0 saturated heterocycles. The second kappa shape index (κ2) is 6.68. The number of anilines is 3. The first kappa shape index (κ1) is 16.4. The molecule has 0 fully saturated rings. The van der Waals surface area contributed by atoms with Crippen molar-refractivity contribution >= 4 is 33.8 Å². The van der Waals surface area contributed by atoms with Gasteiger partial charge in [0.15, 0.2) is 16.6 Å². The molecule has 1 aromatic heterocycles. The van der Waals surface area contributed by atoms with Crippen molar-refractivity contribution in [1.82, 2.24) is 4.98 Å². The average Bonchev–Trinajstić information content (AvgIpc) is 3.27. The molecule has 0 unspecified atom stereocenters. The maximum atomic E-state index is 12.7. The number of hydrogen-bond donors (Lipinski definition) is 1. The standard InChI is InChI=1S/C19H17N3O3S/c1-12-17(26-19(20-12)22(2)14-6-4-3-5-7-14)18(23)21-13-8-9-15-16(10-13)25-11-24-15/h3-10H,11H2,1-2H3,(H,21,23). The molecular weight excluding hydrogens is 350 g/mol. The number of ether oxygens (including phenoxy) is 2. The zero-order chi connectivity index (χ0) is 18.1. The van der Waals surface area contributed by atoms with Crippen LogP contribution in [0, 0.1) is 6.92 Å². The predicted octanol–water partition coefficient (Wildman–Crippen LogP) is 4.20. The van der Waals surface area contributed by atoms with Crippen LogP contribution in [0.3, 0.4) is 0 Å². The van der Waals surface area contributed by atoms with Gasteiger partial charge in [-0.3, -0.25) is 4.79 Å². The average molecular weight is 367 g/mol. The van der Waals surface area contributed by atoms with Gasteiger partial charge in [0.2, 0.25) is 6.79 Å². The molecule has 0 saturated carbocycles. The van der Waals surface area contributed by atoms with Gasteiger partial charge in [-0.15, -0.1) is 0 Å². The van der Waals surface area contributed by atoms with Crippen molar-refractivity contribution in [2.45, 2.75) is 6.92 Å². The van der Waals surface area contributed by atoms with Gasteiger partial charge in [0, 0.05) is 24.5 Å². The molecule has 0 spiro atoms. The summed E-state index contributed by atoms with van der Waals surface area (Å²) in [5.74, 6) is 1.13. The SMILES string of the molecule is Cc1nc(N(C)c2ccccc2)sc1C(=O)Nc1ccc2c(c1)OCO2. The van der Waals surface area contributed by atoms with E-state index in [0.717, 1.165) is 10.8 Å². The quantitative estimate of drug-likeness (QED) is 0.749. The van der Waals surface area contributed by atoms with Gasteiger partial charge in [0.1, 0.15) is 4.88 Å². The Kier molecular flexibility index (Phi) is 4.22. The number of carbonyl (C=O) groups is 1. The van der Waals surface area contributed by atoms with Gasteiger partial charge in [-0.05, 0) is 31.2 Å². The number of fused-ring (bicyclic) bond motifs is 1. The molecule has 3 aromatic rings. The monoisotopic (exact) mass is 367 g/mol. The third-order valence-electron chi connectivity index (χ3n) is 4.05. The van der Waals surface area contributed by atoms with Crippen molar-refractivity contribution in [1.29, 1.82) is 0 Å². The molecule has 0 bridgehead atoms. The smallest absolute Gasteiger partial charge is 0.267 e. The van der Waals surface area contributed by atoms with E-state index in [2.05, 4.69) is 10.3 Å². The Morgan fingerprint density at radius 2 is 1.92 bits per heavy atom. The van der Waals surface area contributed by atoms with Gasteiger partial charge in [-0.2, -0.15) is 0 Å². The van der Waals surface area contributed by atoms with E-state index in [9.17, 15) is 4.79 Å². The van der Waals surface area contributed by atoms with E-state index in [4.69, 9.17) is 9.47 Å². The minimum Gasteiger partial charge on any atom is -0.454 e. The van der Waals surface area contributed by atoms with Gasteiger partial charge in [-0.1, -0.05) is 29.5 Å². The number of aromatic nitrogens is 1. The van der Waals surface area contributed by atoms with Crippen LogP contribution >= 0.6 is 11.3 Å². The topological polar surface area (TPSA) is 63.7 Å². The number of benzene rings is 2. The third kappa shape index (κ3) is 3.09. The molecule has 0 atom stereocenters. The number of hydrogen-bond acceptors (Lipinski definition) is 6. The fourth-order valence-electron chi connectivity index (χ4n) is 2.66. The van der Waals surface area contributed by atoms with Crippen LogP contribution in [0.2, 0.25) is 0 Å². The summed E-state index contributed by atoms with van der Waals surface area (Å²) in [4.78, 5) is 19.8. The highest BCUT2D eigenvalue weighted by atomic mass is 32.1. The Morgan fingerprint density at radius 3 is 2.73 bits per heavy atom. The molecule has 26 heavy (non-hydrogen) atoms. The van der Waals surface area contributed by atoms with Crippen LogP contribution in [0.5, 0.6) is 11.5 Å². The predicted molar refractivity (Wildman–Crippen MR) is 102 cm³/mol. The van der Waals surface area contributed by atoms with Crippen molar-refractivity contribution in [3.63, 3.8) is 0 Å². The molecule has 1 aliphatic heterocycles. The number of aryl methyl sites for hydroxylation is 1. The number of rotatable bonds is 4.